The van der Waals surface area contributed by atoms with Crippen LogP contribution >= 0.6 is 0 Å². The lowest BCUT2D eigenvalue weighted by molar-refractivity contribution is 0.0860. The molecule has 1 aromatic heterocycles. The Bertz CT molecular complexity index is 637. The fourth-order valence-corrected chi connectivity index (χ4v) is 2.69. The number of amides is 2. The van der Waals surface area contributed by atoms with Crippen LogP contribution in [0, 0.1) is 0 Å². The monoisotopic (exact) mass is 315 g/mol. The molecule has 1 aliphatic rings. The number of rotatable bonds is 5. The molecule has 23 heavy (non-hydrogen) atoms. The van der Waals surface area contributed by atoms with E-state index in [0.29, 0.717) is 12.4 Å². The second kappa shape index (κ2) is 7.23. The average Bonchev–Trinajstić information content (AvgIpc) is 3.25. The predicted octanol–water partition coefficient (Wildman–Crippen LogP) is 1.63. The standard InChI is InChI=1S/C16H21N5O2/c1-12(14-8-5-9-23-14)19-16(22)17-10-15-20-18-11-21(15)13-6-3-2-4-7-13/h2-4,6-7,11-12,14H,5,8-10H2,1H3,(H2,17,19,22)/t12-,14-/m1/s1. The molecule has 7 nitrogen and oxygen atoms in total. The summed E-state index contributed by atoms with van der Waals surface area (Å²) in [5.41, 5.74) is 0.961. The molecule has 1 fully saturated rings. The lowest BCUT2D eigenvalue weighted by atomic mass is 10.1. The van der Waals surface area contributed by atoms with Crippen LogP contribution in [0.2, 0.25) is 0 Å². The topological polar surface area (TPSA) is 81.1 Å². The first-order chi connectivity index (χ1) is 11.2. The molecule has 3 rings (SSSR count). The molecule has 0 radical (unpaired) electrons. The molecule has 0 spiro atoms. The Morgan fingerprint density at radius 2 is 2.26 bits per heavy atom. The van der Waals surface area contributed by atoms with Crippen LogP contribution in [0.1, 0.15) is 25.6 Å². The zero-order chi connectivity index (χ0) is 16.1. The molecule has 0 bridgehead atoms. The summed E-state index contributed by atoms with van der Waals surface area (Å²) in [6.45, 7) is 3.04. The minimum absolute atomic E-state index is 0.00973. The minimum atomic E-state index is -0.226. The smallest absolute Gasteiger partial charge is 0.315 e. The first-order valence-electron chi connectivity index (χ1n) is 7.84. The van der Waals surface area contributed by atoms with Crippen molar-refractivity contribution in [2.24, 2.45) is 0 Å². The molecule has 2 heterocycles. The van der Waals surface area contributed by atoms with E-state index in [1.807, 2.05) is 41.8 Å². The van der Waals surface area contributed by atoms with E-state index in [-0.39, 0.29) is 18.2 Å². The second-order valence-electron chi connectivity index (χ2n) is 5.62. The van der Waals surface area contributed by atoms with Crippen molar-refractivity contribution >= 4 is 6.03 Å². The van der Waals surface area contributed by atoms with Gasteiger partial charge in [0, 0.05) is 12.3 Å². The lowest BCUT2D eigenvalue weighted by Crippen LogP contribution is -2.45. The molecule has 0 unspecified atom stereocenters. The normalized spacial score (nSPS) is 18.6. The number of carbonyl (C=O) groups excluding carboxylic acids is 1. The highest BCUT2D eigenvalue weighted by Crippen LogP contribution is 2.15. The third-order valence-electron chi connectivity index (χ3n) is 3.94. The van der Waals surface area contributed by atoms with Crippen molar-refractivity contribution in [3.05, 3.63) is 42.5 Å². The van der Waals surface area contributed by atoms with Crippen molar-refractivity contribution in [3.8, 4) is 5.69 Å². The van der Waals surface area contributed by atoms with Gasteiger partial charge in [0.25, 0.3) is 0 Å². The van der Waals surface area contributed by atoms with Crippen molar-refractivity contribution in [2.45, 2.75) is 38.5 Å². The van der Waals surface area contributed by atoms with Gasteiger partial charge in [0.05, 0.1) is 18.7 Å². The number of carbonyl (C=O) groups is 1. The molecule has 2 aromatic rings. The van der Waals surface area contributed by atoms with Gasteiger partial charge in [-0.3, -0.25) is 4.57 Å². The van der Waals surface area contributed by atoms with E-state index in [4.69, 9.17) is 4.74 Å². The van der Waals surface area contributed by atoms with Crippen molar-refractivity contribution < 1.29 is 9.53 Å². The number of benzene rings is 1. The van der Waals surface area contributed by atoms with Gasteiger partial charge in [-0.25, -0.2) is 4.79 Å². The van der Waals surface area contributed by atoms with E-state index in [0.717, 1.165) is 25.1 Å². The molecule has 0 saturated carbocycles. The van der Waals surface area contributed by atoms with Gasteiger partial charge in [0.15, 0.2) is 5.82 Å². The second-order valence-corrected chi connectivity index (χ2v) is 5.62. The van der Waals surface area contributed by atoms with E-state index >= 15 is 0 Å². The molecule has 1 aliphatic heterocycles. The summed E-state index contributed by atoms with van der Waals surface area (Å²) < 4.78 is 7.42. The Balaban J connectivity index is 1.54. The summed E-state index contributed by atoms with van der Waals surface area (Å²) in [6.07, 6.45) is 3.79. The Labute approximate surface area is 135 Å². The summed E-state index contributed by atoms with van der Waals surface area (Å²) in [7, 11) is 0. The highest BCUT2D eigenvalue weighted by atomic mass is 16.5. The number of hydrogen-bond donors (Lipinski definition) is 2. The van der Waals surface area contributed by atoms with Crippen LogP contribution in [-0.2, 0) is 11.3 Å². The summed E-state index contributed by atoms with van der Waals surface area (Å²) >= 11 is 0. The van der Waals surface area contributed by atoms with Crippen LogP contribution in [0.25, 0.3) is 5.69 Å². The quantitative estimate of drug-likeness (QED) is 0.879. The van der Waals surface area contributed by atoms with E-state index in [1.54, 1.807) is 6.33 Å². The molecule has 2 amide bonds. The van der Waals surface area contributed by atoms with Crippen LogP contribution < -0.4 is 10.6 Å². The average molecular weight is 315 g/mol. The number of nitrogens with zero attached hydrogens (tertiary/aromatic N) is 3. The molecule has 0 aliphatic carbocycles. The van der Waals surface area contributed by atoms with Gasteiger partial charge in [-0.05, 0) is 31.9 Å². The molecule has 2 N–H and O–H groups in total. The molecule has 2 atom stereocenters. The van der Waals surface area contributed by atoms with Gasteiger partial charge in [0.1, 0.15) is 6.33 Å². The lowest BCUT2D eigenvalue weighted by Gasteiger charge is -2.20. The molecular weight excluding hydrogens is 294 g/mol. The number of nitrogens with one attached hydrogen (secondary N) is 2. The maximum atomic E-state index is 12.0. The Morgan fingerprint density at radius 3 is 3.00 bits per heavy atom. The van der Waals surface area contributed by atoms with Crippen LogP contribution in [-0.4, -0.2) is 39.5 Å². The minimum Gasteiger partial charge on any atom is -0.376 e. The number of hydrogen-bond acceptors (Lipinski definition) is 4. The van der Waals surface area contributed by atoms with Crippen molar-refractivity contribution in [3.63, 3.8) is 0 Å². The van der Waals surface area contributed by atoms with E-state index in [1.165, 1.54) is 0 Å². The highest BCUT2D eigenvalue weighted by Gasteiger charge is 2.23. The molecular formula is C16H21N5O2. The maximum Gasteiger partial charge on any atom is 0.315 e. The van der Waals surface area contributed by atoms with Gasteiger partial charge in [-0.1, -0.05) is 18.2 Å². The molecule has 122 valence electrons. The fraction of sp³-hybridized carbons (Fsp3) is 0.438. The Kier molecular flexibility index (Phi) is 4.87. The first-order valence-corrected chi connectivity index (χ1v) is 7.84. The number of para-hydroxylation sites is 1. The third kappa shape index (κ3) is 3.87. The molecule has 1 aromatic carbocycles. The van der Waals surface area contributed by atoms with E-state index in [9.17, 15) is 4.79 Å². The van der Waals surface area contributed by atoms with Gasteiger partial charge in [0.2, 0.25) is 0 Å². The van der Waals surface area contributed by atoms with Gasteiger partial charge >= 0.3 is 6.03 Å². The van der Waals surface area contributed by atoms with Crippen LogP contribution in [0.4, 0.5) is 4.79 Å². The highest BCUT2D eigenvalue weighted by molar-refractivity contribution is 5.74. The SMILES string of the molecule is C[C@@H](NC(=O)NCc1nncn1-c1ccccc1)[C@H]1CCCO1. The van der Waals surface area contributed by atoms with Gasteiger partial charge in [-0.15, -0.1) is 10.2 Å². The zero-order valence-electron chi connectivity index (χ0n) is 13.1. The maximum absolute atomic E-state index is 12.0. The molecule has 1 saturated heterocycles. The van der Waals surface area contributed by atoms with Gasteiger partial charge in [-0.2, -0.15) is 0 Å². The first kappa shape index (κ1) is 15.5. The van der Waals surface area contributed by atoms with Crippen LogP contribution in [0.15, 0.2) is 36.7 Å². The van der Waals surface area contributed by atoms with E-state index < -0.39 is 0 Å². The summed E-state index contributed by atoms with van der Waals surface area (Å²) in [4.78, 5) is 12.0. The number of ether oxygens (including phenoxy) is 1. The zero-order valence-corrected chi connectivity index (χ0v) is 13.1. The third-order valence-corrected chi connectivity index (χ3v) is 3.94. The van der Waals surface area contributed by atoms with Crippen molar-refractivity contribution in [2.75, 3.05) is 6.61 Å². The Hall–Kier alpha value is -2.41. The van der Waals surface area contributed by atoms with Crippen molar-refractivity contribution in [1.82, 2.24) is 25.4 Å². The van der Waals surface area contributed by atoms with E-state index in [2.05, 4.69) is 20.8 Å². The fourth-order valence-electron chi connectivity index (χ4n) is 2.69. The number of aromatic nitrogens is 3. The molecule has 7 heteroatoms. The van der Waals surface area contributed by atoms with Crippen LogP contribution in [0.5, 0.6) is 0 Å². The Morgan fingerprint density at radius 1 is 1.43 bits per heavy atom. The summed E-state index contributed by atoms with van der Waals surface area (Å²) in [5, 5.41) is 13.7. The van der Waals surface area contributed by atoms with Crippen LogP contribution in [0.3, 0.4) is 0 Å². The number of urea groups is 1. The van der Waals surface area contributed by atoms with Crippen molar-refractivity contribution in [1.29, 1.82) is 0 Å². The summed E-state index contributed by atoms with van der Waals surface area (Å²) in [6, 6.07) is 9.54. The predicted molar refractivity (Wildman–Crippen MR) is 85.2 cm³/mol. The summed E-state index contributed by atoms with van der Waals surface area (Å²) in [5.74, 6) is 0.677. The van der Waals surface area contributed by atoms with Gasteiger partial charge < -0.3 is 15.4 Å². The largest absolute Gasteiger partial charge is 0.376 e.